The fourth-order valence-corrected chi connectivity index (χ4v) is 3.96. The van der Waals surface area contributed by atoms with E-state index in [9.17, 15) is 9.59 Å². The van der Waals surface area contributed by atoms with E-state index in [1.165, 1.54) is 13.2 Å². The third-order valence-electron chi connectivity index (χ3n) is 4.73. The monoisotopic (exact) mass is 430 g/mol. The number of benzene rings is 1. The average molecular weight is 431 g/mol. The molecule has 0 saturated heterocycles. The van der Waals surface area contributed by atoms with Gasteiger partial charge in [-0.3, -0.25) is 9.59 Å². The first-order valence-electron chi connectivity index (χ1n) is 8.76. The van der Waals surface area contributed by atoms with Gasteiger partial charge < -0.3 is 9.16 Å². The van der Waals surface area contributed by atoms with Gasteiger partial charge in [0.05, 0.1) is 19.6 Å². The van der Waals surface area contributed by atoms with Crippen molar-refractivity contribution in [2.45, 2.75) is 57.8 Å². The maximum Gasteiger partial charge on any atom is 0.308 e. The van der Waals surface area contributed by atoms with E-state index in [2.05, 4.69) is 33.9 Å². The lowest BCUT2D eigenvalue weighted by molar-refractivity contribution is -0.142. The van der Waals surface area contributed by atoms with Gasteiger partial charge in [0.25, 0.3) is 0 Å². The second-order valence-corrected chi connectivity index (χ2v) is 13.5. The van der Waals surface area contributed by atoms with Gasteiger partial charge in [0.2, 0.25) is 0 Å². The normalized spacial score (nSPS) is 13.6. The Bertz CT molecular complexity index is 708. The highest BCUT2D eigenvalue weighted by atomic mass is 35.5. The standard InChI is InChI=1S/C20H28Cl2O4Si/c1-20(2,3)27(5,6)26-17(13-19(24)25-4)12-16(23)10-8-14-7-9-15(21)11-18(14)22/h7-11,17H,12-13H2,1-6H3/b10-8+/t17-/m1/s1. The highest BCUT2D eigenvalue weighted by Gasteiger charge is 2.39. The highest BCUT2D eigenvalue weighted by molar-refractivity contribution is 6.74. The number of methoxy groups -OCH3 is 1. The Labute approximate surface area is 173 Å². The van der Waals surface area contributed by atoms with Crippen molar-refractivity contribution >= 4 is 49.3 Å². The van der Waals surface area contributed by atoms with Crippen molar-refractivity contribution in [3.8, 4) is 0 Å². The third-order valence-corrected chi connectivity index (χ3v) is 9.83. The van der Waals surface area contributed by atoms with Crippen LogP contribution < -0.4 is 0 Å². The van der Waals surface area contributed by atoms with Gasteiger partial charge in [-0.2, -0.15) is 0 Å². The average Bonchev–Trinajstić information content (AvgIpc) is 2.52. The number of hydrogen-bond donors (Lipinski definition) is 0. The molecule has 1 aromatic rings. The summed E-state index contributed by atoms with van der Waals surface area (Å²) in [5.74, 6) is -0.537. The molecule has 0 bridgehead atoms. The molecule has 27 heavy (non-hydrogen) atoms. The van der Waals surface area contributed by atoms with E-state index in [0.29, 0.717) is 15.6 Å². The smallest absolute Gasteiger partial charge is 0.308 e. The molecular weight excluding hydrogens is 403 g/mol. The van der Waals surface area contributed by atoms with Crippen molar-refractivity contribution in [1.82, 2.24) is 0 Å². The summed E-state index contributed by atoms with van der Waals surface area (Å²) in [5.41, 5.74) is 0.698. The lowest BCUT2D eigenvalue weighted by Gasteiger charge is -2.39. The summed E-state index contributed by atoms with van der Waals surface area (Å²) in [6.07, 6.45) is 2.72. The molecule has 0 spiro atoms. The first-order chi connectivity index (χ1) is 12.4. The molecule has 0 fully saturated rings. The molecule has 0 saturated carbocycles. The summed E-state index contributed by atoms with van der Waals surface area (Å²) in [5, 5.41) is 0.969. The molecule has 0 heterocycles. The van der Waals surface area contributed by atoms with Crippen molar-refractivity contribution < 1.29 is 18.8 Å². The molecule has 0 N–H and O–H groups in total. The minimum Gasteiger partial charge on any atom is -0.469 e. The minimum atomic E-state index is -2.14. The summed E-state index contributed by atoms with van der Waals surface area (Å²) in [6, 6.07) is 5.07. The quantitative estimate of drug-likeness (QED) is 0.291. The number of carbonyl (C=O) groups is 2. The van der Waals surface area contributed by atoms with E-state index < -0.39 is 20.4 Å². The summed E-state index contributed by atoms with van der Waals surface area (Å²) >= 11 is 12.0. The molecule has 0 amide bonds. The van der Waals surface area contributed by atoms with Crippen molar-refractivity contribution in [1.29, 1.82) is 0 Å². The second kappa shape index (κ2) is 9.87. The van der Waals surface area contributed by atoms with Crippen LogP contribution in [0.1, 0.15) is 39.2 Å². The number of carbonyl (C=O) groups excluding carboxylic acids is 2. The molecule has 1 atom stereocenters. The molecule has 7 heteroatoms. The minimum absolute atomic E-state index is 0.0307. The number of esters is 1. The predicted molar refractivity (Wildman–Crippen MR) is 114 cm³/mol. The fourth-order valence-electron chi connectivity index (χ4n) is 2.13. The maximum absolute atomic E-state index is 12.4. The Morgan fingerprint density at radius 2 is 1.81 bits per heavy atom. The SMILES string of the molecule is COC(=O)C[C@@H](CC(=O)/C=C/c1ccc(Cl)cc1Cl)O[Si](C)(C)C(C)(C)C. The number of allylic oxidation sites excluding steroid dienone is 1. The Morgan fingerprint density at radius 1 is 1.19 bits per heavy atom. The largest absolute Gasteiger partial charge is 0.469 e. The van der Waals surface area contributed by atoms with Crippen LogP contribution in [0.15, 0.2) is 24.3 Å². The molecule has 0 radical (unpaired) electrons. The summed E-state index contributed by atoms with van der Waals surface area (Å²) < 4.78 is 11.0. The van der Waals surface area contributed by atoms with Crippen LogP contribution >= 0.6 is 23.2 Å². The Balaban J connectivity index is 2.89. The van der Waals surface area contributed by atoms with Gasteiger partial charge in [-0.25, -0.2) is 0 Å². The number of rotatable bonds is 8. The van der Waals surface area contributed by atoms with Crippen molar-refractivity contribution in [2.75, 3.05) is 7.11 Å². The van der Waals surface area contributed by atoms with Gasteiger partial charge in [0, 0.05) is 16.5 Å². The van der Waals surface area contributed by atoms with Gasteiger partial charge in [-0.15, -0.1) is 0 Å². The number of halogens is 2. The van der Waals surface area contributed by atoms with E-state index in [0.717, 1.165) is 0 Å². The number of hydrogen-bond acceptors (Lipinski definition) is 4. The molecule has 4 nitrogen and oxygen atoms in total. The molecular formula is C20H28Cl2O4Si. The fraction of sp³-hybridized carbons (Fsp3) is 0.500. The zero-order chi connectivity index (χ0) is 20.8. The lowest BCUT2D eigenvalue weighted by atomic mass is 10.1. The van der Waals surface area contributed by atoms with Gasteiger partial charge >= 0.3 is 5.97 Å². The van der Waals surface area contributed by atoms with E-state index >= 15 is 0 Å². The Hall–Kier alpha value is -1.14. The van der Waals surface area contributed by atoms with Crippen LogP contribution in [0.2, 0.25) is 28.2 Å². The van der Waals surface area contributed by atoms with E-state index in [4.69, 9.17) is 32.4 Å². The summed E-state index contributed by atoms with van der Waals surface area (Å²) in [7, 11) is -0.807. The third kappa shape index (κ3) is 7.78. The molecule has 0 aliphatic rings. The van der Waals surface area contributed by atoms with Crippen molar-refractivity contribution in [3.63, 3.8) is 0 Å². The lowest BCUT2D eigenvalue weighted by Crippen LogP contribution is -2.44. The Morgan fingerprint density at radius 3 is 2.33 bits per heavy atom. The van der Waals surface area contributed by atoms with E-state index in [1.54, 1.807) is 24.3 Å². The zero-order valence-electron chi connectivity index (χ0n) is 16.8. The van der Waals surface area contributed by atoms with Crippen molar-refractivity contribution in [2.24, 2.45) is 0 Å². The van der Waals surface area contributed by atoms with Crippen molar-refractivity contribution in [3.05, 3.63) is 39.9 Å². The maximum atomic E-state index is 12.4. The van der Waals surface area contributed by atoms with Gasteiger partial charge in [0.15, 0.2) is 14.1 Å². The Kier molecular flexibility index (Phi) is 8.74. The van der Waals surface area contributed by atoms with E-state index in [1.807, 2.05) is 0 Å². The van der Waals surface area contributed by atoms with Gasteiger partial charge in [-0.05, 0) is 48.0 Å². The number of ketones is 1. The molecule has 0 aromatic heterocycles. The molecule has 0 aliphatic heterocycles. The molecule has 150 valence electrons. The van der Waals surface area contributed by atoms with Crippen LogP contribution in [0.25, 0.3) is 6.08 Å². The van der Waals surface area contributed by atoms with E-state index in [-0.39, 0.29) is 23.7 Å². The second-order valence-electron chi connectivity index (χ2n) is 7.95. The molecule has 0 unspecified atom stereocenters. The predicted octanol–water partition coefficient (Wildman–Crippen LogP) is 5.92. The molecule has 1 aromatic carbocycles. The highest BCUT2D eigenvalue weighted by Crippen LogP contribution is 2.38. The molecule has 1 rings (SSSR count). The number of ether oxygens (including phenoxy) is 1. The van der Waals surface area contributed by atoms with Crippen LogP contribution in [-0.2, 0) is 18.8 Å². The summed E-state index contributed by atoms with van der Waals surface area (Å²) in [6.45, 7) is 10.5. The van der Waals surface area contributed by atoms with Crippen LogP contribution in [-0.4, -0.2) is 33.3 Å². The molecule has 0 aliphatic carbocycles. The van der Waals surface area contributed by atoms with Crippen LogP contribution in [0.4, 0.5) is 0 Å². The van der Waals surface area contributed by atoms with Crippen LogP contribution in [0.3, 0.4) is 0 Å². The van der Waals surface area contributed by atoms with Gasteiger partial charge in [0.1, 0.15) is 0 Å². The van der Waals surface area contributed by atoms with Gasteiger partial charge in [-0.1, -0.05) is 50.0 Å². The first-order valence-corrected chi connectivity index (χ1v) is 12.4. The topological polar surface area (TPSA) is 52.6 Å². The van der Waals surface area contributed by atoms with Crippen LogP contribution in [0, 0.1) is 0 Å². The summed E-state index contributed by atoms with van der Waals surface area (Å²) in [4.78, 5) is 24.2. The zero-order valence-corrected chi connectivity index (χ0v) is 19.3. The van der Waals surface area contributed by atoms with Crippen LogP contribution in [0.5, 0.6) is 0 Å². The first kappa shape index (κ1) is 23.9.